The van der Waals surface area contributed by atoms with Crippen LogP contribution in [-0.4, -0.2) is 12.1 Å². The van der Waals surface area contributed by atoms with Crippen molar-refractivity contribution >= 4 is 0 Å². The molecule has 1 heteroatoms. The molecule has 0 aromatic rings. The van der Waals surface area contributed by atoms with E-state index in [0.717, 1.165) is 29.6 Å². The normalized spacial score (nSPS) is 46.3. The summed E-state index contributed by atoms with van der Waals surface area (Å²) >= 11 is 0. The summed E-state index contributed by atoms with van der Waals surface area (Å²) in [4.78, 5) is 0. The smallest absolute Gasteiger partial charge is 0.00966 e. The first kappa shape index (κ1) is 11.1. The van der Waals surface area contributed by atoms with Gasteiger partial charge in [0.15, 0.2) is 0 Å². The predicted molar refractivity (Wildman–Crippen MR) is 68.3 cm³/mol. The van der Waals surface area contributed by atoms with Crippen LogP contribution in [0.15, 0.2) is 0 Å². The van der Waals surface area contributed by atoms with E-state index in [2.05, 4.69) is 26.1 Å². The first-order valence-corrected chi connectivity index (χ1v) is 7.26. The number of hydrogen-bond donors (Lipinski definition) is 1. The quantitative estimate of drug-likeness (QED) is 0.753. The van der Waals surface area contributed by atoms with Gasteiger partial charge in [0.05, 0.1) is 0 Å². The molecular weight excluding hydrogens is 194 g/mol. The summed E-state index contributed by atoms with van der Waals surface area (Å²) in [5, 5.41) is 3.75. The molecule has 0 aromatic heterocycles. The lowest BCUT2D eigenvalue weighted by atomic mass is 9.52. The predicted octanol–water partition coefficient (Wildman–Crippen LogP) is 3.45. The minimum Gasteiger partial charge on any atom is -0.312 e. The van der Waals surface area contributed by atoms with Crippen LogP contribution in [0.1, 0.15) is 52.9 Å². The van der Waals surface area contributed by atoms with Crippen LogP contribution in [0.25, 0.3) is 0 Å². The standard InChI is InChI=1S/C15H27N/c1-15(2,3)16-9-14-12-5-10-4-11(7-12)8-13(14)6-10/h10-14,16H,4-9H2,1-3H3. The molecule has 1 N–H and O–H groups in total. The number of rotatable bonds is 2. The van der Waals surface area contributed by atoms with Crippen LogP contribution in [-0.2, 0) is 0 Å². The molecule has 0 unspecified atom stereocenters. The zero-order valence-electron chi connectivity index (χ0n) is 11.1. The highest BCUT2D eigenvalue weighted by Gasteiger charge is 2.47. The lowest BCUT2D eigenvalue weighted by molar-refractivity contribution is -0.0372. The van der Waals surface area contributed by atoms with Crippen molar-refractivity contribution in [1.82, 2.24) is 5.32 Å². The average Bonchev–Trinajstić information content (AvgIpc) is 2.13. The Bertz CT molecular complexity index is 235. The third kappa shape index (κ3) is 2.03. The summed E-state index contributed by atoms with van der Waals surface area (Å²) in [7, 11) is 0. The Labute approximate surface area is 100 Å². The van der Waals surface area contributed by atoms with Gasteiger partial charge in [-0.05, 0) is 89.0 Å². The summed E-state index contributed by atoms with van der Waals surface area (Å²) in [6.45, 7) is 8.16. The van der Waals surface area contributed by atoms with Crippen LogP contribution < -0.4 is 5.32 Å². The molecule has 4 fully saturated rings. The molecule has 4 aliphatic rings. The van der Waals surface area contributed by atoms with Crippen molar-refractivity contribution in [2.45, 2.75) is 58.4 Å². The highest BCUT2D eigenvalue weighted by molar-refractivity contribution is 4.99. The summed E-state index contributed by atoms with van der Waals surface area (Å²) < 4.78 is 0. The monoisotopic (exact) mass is 221 g/mol. The van der Waals surface area contributed by atoms with Gasteiger partial charge in [0.2, 0.25) is 0 Å². The van der Waals surface area contributed by atoms with E-state index in [-0.39, 0.29) is 0 Å². The largest absolute Gasteiger partial charge is 0.312 e. The van der Waals surface area contributed by atoms with Crippen molar-refractivity contribution in [3.8, 4) is 0 Å². The zero-order chi connectivity index (χ0) is 11.3. The minimum atomic E-state index is 0.300. The Kier molecular flexibility index (Phi) is 2.58. The van der Waals surface area contributed by atoms with Gasteiger partial charge < -0.3 is 5.32 Å². The first-order valence-electron chi connectivity index (χ1n) is 7.26. The van der Waals surface area contributed by atoms with Gasteiger partial charge >= 0.3 is 0 Å². The summed E-state index contributed by atoms with van der Waals surface area (Å²) in [5.41, 5.74) is 0.300. The molecule has 4 rings (SSSR count). The van der Waals surface area contributed by atoms with Crippen molar-refractivity contribution in [1.29, 1.82) is 0 Å². The molecule has 0 amide bonds. The van der Waals surface area contributed by atoms with Gasteiger partial charge in [-0.2, -0.15) is 0 Å². The van der Waals surface area contributed by atoms with Crippen molar-refractivity contribution in [3.05, 3.63) is 0 Å². The van der Waals surface area contributed by atoms with Crippen LogP contribution in [0.4, 0.5) is 0 Å². The number of hydrogen-bond acceptors (Lipinski definition) is 1. The van der Waals surface area contributed by atoms with Crippen LogP contribution in [0, 0.1) is 29.6 Å². The van der Waals surface area contributed by atoms with E-state index in [4.69, 9.17) is 0 Å². The second-order valence-electron chi connectivity index (χ2n) is 7.73. The van der Waals surface area contributed by atoms with E-state index < -0.39 is 0 Å². The third-order valence-electron chi connectivity index (χ3n) is 5.29. The molecule has 4 saturated carbocycles. The van der Waals surface area contributed by atoms with Crippen LogP contribution >= 0.6 is 0 Å². The molecular formula is C15H27N. The Morgan fingerprint density at radius 3 is 1.81 bits per heavy atom. The minimum absolute atomic E-state index is 0.300. The molecule has 0 radical (unpaired) electrons. The maximum Gasteiger partial charge on any atom is 0.00966 e. The molecule has 0 aromatic carbocycles. The molecule has 16 heavy (non-hydrogen) atoms. The molecule has 4 aliphatic carbocycles. The summed E-state index contributed by atoms with van der Waals surface area (Å²) in [6, 6.07) is 0. The highest BCUT2D eigenvalue weighted by Crippen LogP contribution is 2.56. The SMILES string of the molecule is CC(C)(C)NCC1C2CC3CC(C2)CC1C3. The van der Waals surface area contributed by atoms with Gasteiger partial charge in [-0.25, -0.2) is 0 Å². The first-order chi connectivity index (χ1) is 7.51. The number of nitrogens with one attached hydrogen (secondary N) is 1. The molecule has 0 aliphatic heterocycles. The maximum absolute atomic E-state index is 3.75. The summed E-state index contributed by atoms with van der Waals surface area (Å²) in [6.07, 6.45) is 7.81. The van der Waals surface area contributed by atoms with E-state index in [9.17, 15) is 0 Å². The fourth-order valence-electron chi connectivity index (χ4n) is 4.80. The Morgan fingerprint density at radius 2 is 1.38 bits per heavy atom. The summed E-state index contributed by atoms with van der Waals surface area (Å²) in [5.74, 6) is 5.39. The van der Waals surface area contributed by atoms with Gasteiger partial charge in [0.25, 0.3) is 0 Å². The van der Waals surface area contributed by atoms with E-state index in [1.165, 1.54) is 6.54 Å². The van der Waals surface area contributed by atoms with Gasteiger partial charge in [-0.3, -0.25) is 0 Å². The lowest BCUT2D eigenvalue weighted by Crippen LogP contribution is -2.50. The molecule has 0 spiro atoms. The van der Waals surface area contributed by atoms with Crippen LogP contribution in [0.5, 0.6) is 0 Å². The molecule has 4 bridgehead atoms. The van der Waals surface area contributed by atoms with Crippen molar-refractivity contribution in [2.24, 2.45) is 29.6 Å². The van der Waals surface area contributed by atoms with E-state index in [1.807, 2.05) is 0 Å². The Balaban J connectivity index is 1.64. The van der Waals surface area contributed by atoms with Crippen molar-refractivity contribution in [2.75, 3.05) is 6.54 Å². The molecule has 1 nitrogen and oxygen atoms in total. The zero-order valence-corrected chi connectivity index (χ0v) is 11.1. The van der Waals surface area contributed by atoms with Crippen molar-refractivity contribution < 1.29 is 0 Å². The van der Waals surface area contributed by atoms with Crippen LogP contribution in [0.3, 0.4) is 0 Å². The van der Waals surface area contributed by atoms with E-state index >= 15 is 0 Å². The average molecular weight is 221 g/mol. The van der Waals surface area contributed by atoms with Gasteiger partial charge in [-0.1, -0.05) is 0 Å². The van der Waals surface area contributed by atoms with Crippen molar-refractivity contribution in [3.63, 3.8) is 0 Å². The third-order valence-corrected chi connectivity index (χ3v) is 5.29. The van der Waals surface area contributed by atoms with E-state index in [1.54, 1.807) is 32.1 Å². The van der Waals surface area contributed by atoms with Gasteiger partial charge in [-0.15, -0.1) is 0 Å². The fraction of sp³-hybridized carbons (Fsp3) is 1.00. The van der Waals surface area contributed by atoms with Gasteiger partial charge in [0.1, 0.15) is 0 Å². The molecule has 0 atom stereocenters. The lowest BCUT2D eigenvalue weighted by Gasteiger charge is -2.55. The maximum atomic E-state index is 3.75. The fourth-order valence-corrected chi connectivity index (χ4v) is 4.80. The van der Waals surface area contributed by atoms with E-state index in [0.29, 0.717) is 5.54 Å². The highest BCUT2D eigenvalue weighted by atomic mass is 14.9. The Hall–Kier alpha value is -0.0400. The van der Waals surface area contributed by atoms with Crippen LogP contribution in [0.2, 0.25) is 0 Å². The second kappa shape index (κ2) is 3.73. The molecule has 92 valence electrons. The molecule has 0 saturated heterocycles. The second-order valence-corrected chi connectivity index (χ2v) is 7.73. The molecule has 0 heterocycles. The Morgan fingerprint density at radius 1 is 0.875 bits per heavy atom. The van der Waals surface area contributed by atoms with Gasteiger partial charge in [0, 0.05) is 5.54 Å². The topological polar surface area (TPSA) is 12.0 Å².